The lowest BCUT2D eigenvalue weighted by atomic mass is 9.89. The molecule has 1 saturated carbocycles. The number of rotatable bonds is 3. The van der Waals surface area contributed by atoms with Crippen LogP contribution >= 0.6 is 0 Å². The van der Waals surface area contributed by atoms with E-state index in [1.807, 2.05) is 6.07 Å². The molecular formula is C13H17F2NO. The molecule has 2 nitrogen and oxygen atoms in total. The normalized spacial score (nSPS) is 18.6. The van der Waals surface area contributed by atoms with Crippen molar-refractivity contribution in [2.24, 2.45) is 5.73 Å². The standard InChI is InChI=1S/C13H17F2NO/c1-9-4-5-10(8-11(9)17-12(14)15)13(16)6-2-3-7-13/h4-5,8,12H,2-3,6-7,16H2,1H3. The Morgan fingerprint density at radius 3 is 2.53 bits per heavy atom. The maximum atomic E-state index is 12.3. The molecule has 0 bridgehead atoms. The summed E-state index contributed by atoms with van der Waals surface area (Å²) < 4.78 is 29.0. The summed E-state index contributed by atoms with van der Waals surface area (Å²) in [4.78, 5) is 0. The fraction of sp³-hybridized carbons (Fsp3) is 0.538. The predicted molar refractivity (Wildman–Crippen MR) is 62.1 cm³/mol. The van der Waals surface area contributed by atoms with E-state index in [1.54, 1.807) is 19.1 Å². The third kappa shape index (κ3) is 2.57. The fourth-order valence-electron chi connectivity index (χ4n) is 2.43. The highest BCUT2D eigenvalue weighted by Gasteiger charge is 2.31. The minimum atomic E-state index is -2.79. The minimum absolute atomic E-state index is 0.231. The van der Waals surface area contributed by atoms with Gasteiger partial charge in [0, 0.05) is 5.54 Å². The Bertz CT molecular complexity index is 400. The Labute approximate surface area is 99.8 Å². The Hall–Kier alpha value is -1.16. The van der Waals surface area contributed by atoms with Crippen LogP contribution in [0.3, 0.4) is 0 Å². The van der Waals surface area contributed by atoms with Crippen molar-refractivity contribution in [2.75, 3.05) is 0 Å². The van der Waals surface area contributed by atoms with Crippen LogP contribution in [0, 0.1) is 6.92 Å². The van der Waals surface area contributed by atoms with Gasteiger partial charge in [0.05, 0.1) is 0 Å². The molecule has 1 aromatic rings. The second kappa shape index (κ2) is 4.61. The quantitative estimate of drug-likeness (QED) is 0.881. The number of hydrogen-bond donors (Lipinski definition) is 1. The first-order chi connectivity index (χ1) is 8.01. The van der Waals surface area contributed by atoms with Crippen LogP contribution < -0.4 is 10.5 Å². The van der Waals surface area contributed by atoms with Gasteiger partial charge in [-0.2, -0.15) is 8.78 Å². The molecule has 0 saturated heterocycles. The SMILES string of the molecule is Cc1ccc(C2(N)CCCC2)cc1OC(F)F. The van der Waals surface area contributed by atoms with Crippen molar-refractivity contribution in [2.45, 2.75) is 44.8 Å². The summed E-state index contributed by atoms with van der Waals surface area (Å²) in [7, 11) is 0. The minimum Gasteiger partial charge on any atom is -0.435 e. The van der Waals surface area contributed by atoms with Gasteiger partial charge < -0.3 is 10.5 Å². The van der Waals surface area contributed by atoms with Crippen molar-refractivity contribution in [1.29, 1.82) is 0 Å². The average Bonchev–Trinajstić information content (AvgIpc) is 2.69. The van der Waals surface area contributed by atoms with E-state index >= 15 is 0 Å². The lowest BCUT2D eigenvalue weighted by molar-refractivity contribution is -0.0503. The smallest absolute Gasteiger partial charge is 0.387 e. The lowest BCUT2D eigenvalue weighted by Crippen LogP contribution is -2.33. The average molecular weight is 241 g/mol. The highest BCUT2D eigenvalue weighted by molar-refractivity contribution is 5.40. The molecule has 17 heavy (non-hydrogen) atoms. The van der Waals surface area contributed by atoms with E-state index in [-0.39, 0.29) is 11.3 Å². The molecular weight excluding hydrogens is 224 g/mol. The second-order valence-electron chi connectivity index (χ2n) is 4.72. The number of nitrogens with two attached hydrogens (primary N) is 1. The summed E-state index contributed by atoms with van der Waals surface area (Å²) >= 11 is 0. The second-order valence-corrected chi connectivity index (χ2v) is 4.72. The van der Waals surface area contributed by atoms with Crippen LogP contribution in [0.1, 0.15) is 36.8 Å². The maximum Gasteiger partial charge on any atom is 0.387 e. The summed E-state index contributed by atoms with van der Waals surface area (Å²) in [6.07, 6.45) is 4.00. The lowest BCUT2D eigenvalue weighted by Gasteiger charge is -2.25. The summed E-state index contributed by atoms with van der Waals surface area (Å²) in [6, 6.07) is 5.37. The zero-order chi connectivity index (χ0) is 12.5. The molecule has 0 spiro atoms. The molecule has 0 aromatic heterocycles. The topological polar surface area (TPSA) is 35.2 Å². The molecule has 2 rings (SSSR count). The maximum absolute atomic E-state index is 12.3. The molecule has 94 valence electrons. The molecule has 1 aliphatic carbocycles. The van der Waals surface area contributed by atoms with Crippen molar-refractivity contribution in [3.05, 3.63) is 29.3 Å². The Kier molecular flexibility index (Phi) is 3.33. The van der Waals surface area contributed by atoms with E-state index in [1.165, 1.54) is 0 Å². The van der Waals surface area contributed by atoms with Gasteiger partial charge in [-0.05, 0) is 37.0 Å². The van der Waals surface area contributed by atoms with Crippen LogP contribution in [0.4, 0.5) is 8.78 Å². The molecule has 1 aliphatic rings. The van der Waals surface area contributed by atoms with Gasteiger partial charge in [0.2, 0.25) is 0 Å². The molecule has 0 radical (unpaired) electrons. The van der Waals surface area contributed by atoms with Crippen molar-refractivity contribution in [1.82, 2.24) is 0 Å². The van der Waals surface area contributed by atoms with Crippen LogP contribution in [0.15, 0.2) is 18.2 Å². The molecule has 4 heteroatoms. The first-order valence-electron chi connectivity index (χ1n) is 5.86. The third-order valence-corrected chi connectivity index (χ3v) is 3.47. The highest BCUT2D eigenvalue weighted by atomic mass is 19.3. The molecule has 1 aromatic carbocycles. The van der Waals surface area contributed by atoms with Gasteiger partial charge in [0.1, 0.15) is 5.75 Å². The van der Waals surface area contributed by atoms with Crippen molar-refractivity contribution >= 4 is 0 Å². The fourth-order valence-corrected chi connectivity index (χ4v) is 2.43. The van der Waals surface area contributed by atoms with E-state index in [0.717, 1.165) is 31.2 Å². The Morgan fingerprint density at radius 2 is 1.94 bits per heavy atom. The van der Waals surface area contributed by atoms with Crippen molar-refractivity contribution in [3.8, 4) is 5.75 Å². The molecule has 0 aliphatic heterocycles. The first-order valence-corrected chi connectivity index (χ1v) is 5.86. The number of ether oxygens (including phenoxy) is 1. The summed E-state index contributed by atoms with van der Waals surface area (Å²) in [6.45, 7) is -1.04. The summed E-state index contributed by atoms with van der Waals surface area (Å²) in [5.74, 6) is 0.231. The number of aryl methyl sites for hydroxylation is 1. The van der Waals surface area contributed by atoms with Crippen molar-refractivity contribution in [3.63, 3.8) is 0 Å². The van der Waals surface area contributed by atoms with Crippen molar-refractivity contribution < 1.29 is 13.5 Å². The zero-order valence-corrected chi connectivity index (χ0v) is 9.88. The van der Waals surface area contributed by atoms with Gasteiger partial charge >= 0.3 is 6.61 Å². The van der Waals surface area contributed by atoms with Crippen LogP contribution in [-0.2, 0) is 5.54 Å². The largest absolute Gasteiger partial charge is 0.435 e. The van der Waals surface area contributed by atoms with E-state index < -0.39 is 6.61 Å². The summed E-state index contributed by atoms with van der Waals surface area (Å²) in [5.41, 5.74) is 7.52. The number of hydrogen-bond acceptors (Lipinski definition) is 2. The number of halogens is 2. The van der Waals surface area contributed by atoms with Gasteiger partial charge in [0.15, 0.2) is 0 Å². The zero-order valence-electron chi connectivity index (χ0n) is 9.88. The molecule has 1 fully saturated rings. The van der Waals surface area contributed by atoms with Crippen LogP contribution in [0.2, 0.25) is 0 Å². The Balaban J connectivity index is 2.30. The third-order valence-electron chi connectivity index (χ3n) is 3.47. The number of alkyl halides is 2. The van der Waals surface area contributed by atoms with Crippen LogP contribution in [-0.4, -0.2) is 6.61 Å². The van der Waals surface area contributed by atoms with Gasteiger partial charge in [-0.15, -0.1) is 0 Å². The molecule has 0 unspecified atom stereocenters. The van der Waals surface area contributed by atoms with E-state index in [2.05, 4.69) is 4.74 Å². The van der Waals surface area contributed by atoms with E-state index in [9.17, 15) is 8.78 Å². The summed E-state index contributed by atoms with van der Waals surface area (Å²) in [5, 5.41) is 0. The molecule has 0 amide bonds. The van der Waals surface area contributed by atoms with Gasteiger partial charge in [-0.3, -0.25) is 0 Å². The van der Waals surface area contributed by atoms with E-state index in [0.29, 0.717) is 5.56 Å². The molecule has 2 N–H and O–H groups in total. The van der Waals surface area contributed by atoms with Gasteiger partial charge in [0.25, 0.3) is 0 Å². The van der Waals surface area contributed by atoms with Gasteiger partial charge in [-0.25, -0.2) is 0 Å². The van der Waals surface area contributed by atoms with E-state index in [4.69, 9.17) is 5.73 Å². The predicted octanol–water partition coefficient (Wildman–Crippen LogP) is 3.32. The molecule has 0 heterocycles. The number of benzene rings is 1. The molecule has 0 atom stereocenters. The van der Waals surface area contributed by atoms with Gasteiger partial charge in [-0.1, -0.05) is 25.0 Å². The monoisotopic (exact) mass is 241 g/mol. The van der Waals surface area contributed by atoms with Crippen LogP contribution in [0.25, 0.3) is 0 Å². The Morgan fingerprint density at radius 1 is 1.29 bits per heavy atom. The first kappa shape index (κ1) is 12.3. The van der Waals surface area contributed by atoms with Crippen LogP contribution in [0.5, 0.6) is 5.75 Å². The highest BCUT2D eigenvalue weighted by Crippen LogP contribution is 2.38.